The first-order valence-electron chi connectivity index (χ1n) is 9.43. The van der Waals surface area contributed by atoms with Crippen molar-refractivity contribution < 1.29 is 23.1 Å². The molecule has 1 saturated heterocycles. The third kappa shape index (κ3) is 4.22. The van der Waals surface area contributed by atoms with Crippen LogP contribution in [0.5, 0.6) is 0 Å². The Morgan fingerprint density at radius 3 is 2.54 bits per heavy atom. The molecule has 3 rings (SSSR count). The highest BCUT2D eigenvalue weighted by Gasteiger charge is 2.41. The van der Waals surface area contributed by atoms with Gasteiger partial charge in [-0.25, -0.2) is 9.78 Å². The molecular formula is C19H23F3N4O2. The molecular weight excluding hydrogens is 373 g/mol. The average molecular weight is 396 g/mol. The highest BCUT2D eigenvalue weighted by Crippen LogP contribution is 2.40. The molecule has 0 atom stereocenters. The monoisotopic (exact) mass is 396 g/mol. The first kappa shape index (κ1) is 20.4. The van der Waals surface area contributed by atoms with E-state index >= 15 is 0 Å². The summed E-state index contributed by atoms with van der Waals surface area (Å²) in [6.07, 6.45) is -2.45. The topological polar surface area (TPSA) is 80.5 Å². The third-order valence-corrected chi connectivity index (χ3v) is 5.87. The molecule has 9 heteroatoms. The molecule has 2 aliphatic rings. The van der Waals surface area contributed by atoms with Gasteiger partial charge in [-0.1, -0.05) is 6.07 Å². The zero-order chi connectivity index (χ0) is 20.4. The van der Waals surface area contributed by atoms with Crippen LogP contribution in [-0.2, 0) is 11.6 Å². The molecule has 1 amide bonds. The van der Waals surface area contributed by atoms with E-state index in [1.807, 2.05) is 0 Å². The second-order valence-corrected chi connectivity index (χ2v) is 7.49. The lowest BCUT2D eigenvalue weighted by Gasteiger charge is -2.39. The van der Waals surface area contributed by atoms with Crippen molar-refractivity contribution >= 4 is 6.09 Å². The Balaban J connectivity index is 1.69. The number of hydrogen-bond donors (Lipinski definition) is 1. The fraction of sp³-hybridized carbons (Fsp3) is 0.632. The maximum Gasteiger partial charge on any atom is 0.433 e. The number of pyridine rings is 1. The lowest BCUT2D eigenvalue weighted by atomic mass is 9.71. The number of hydrogen-bond acceptors (Lipinski definition) is 4. The van der Waals surface area contributed by atoms with Crippen LogP contribution >= 0.6 is 0 Å². The summed E-state index contributed by atoms with van der Waals surface area (Å²) in [5.74, 6) is 0. The Kier molecular flexibility index (Phi) is 5.79. The molecule has 0 spiro atoms. The lowest BCUT2D eigenvalue weighted by Crippen LogP contribution is -2.44. The molecule has 0 aromatic carbocycles. The maximum absolute atomic E-state index is 13.0. The van der Waals surface area contributed by atoms with Crippen LogP contribution in [-0.4, -0.2) is 58.2 Å². The van der Waals surface area contributed by atoms with Crippen molar-refractivity contribution in [3.8, 4) is 6.07 Å². The predicted octanol–water partition coefficient (Wildman–Crippen LogP) is 3.49. The predicted molar refractivity (Wildman–Crippen MR) is 94.6 cm³/mol. The number of halogens is 3. The van der Waals surface area contributed by atoms with Gasteiger partial charge in [-0.15, -0.1) is 0 Å². The minimum atomic E-state index is -4.54. The number of rotatable bonds is 2. The SMILES string of the molecule is N#CC1(c2cccc(C(F)(F)F)n2)CCC(N2CCCN(C(=O)O)CC2)CC1. The number of carbonyl (C=O) groups is 1. The maximum atomic E-state index is 13.0. The number of carboxylic acid groups (broad SMARTS) is 1. The van der Waals surface area contributed by atoms with Crippen molar-refractivity contribution in [1.29, 1.82) is 5.26 Å². The van der Waals surface area contributed by atoms with E-state index in [0.717, 1.165) is 19.0 Å². The van der Waals surface area contributed by atoms with Crippen molar-refractivity contribution in [3.05, 3.63) is 29.6 Å². The molecule has 0 radical (unpaired) electrons. The lowest BCUT2D eigenvalue weighted by molar-refractivity contribution is -0.141. The van der Waals surface area contributed by atoms with Gasteiger partial charge in [0.05, 0.1) is 17.2 Å². The van der Waals surface area contributed by atoms with E-state index in [1.165, 1.54) is 17.0 Å². The van der Waals surface area contributed by atoms with Crippen LogP contribution in [0.25, 0.3) is 0 Å². The fourth-order valence-electron chi connectivity index (χ4n) is 4.24. The third-order valence-electron chi connectivity index (χ3n) is 5.87. The highest BCUT2D eigenvalue weighted by molar-refractivity contribution is 5.64. The van der Waals surface area contributed by atoms with E-state index < -0.39 is 23.4 Å². The first-order chi connectivity index (χ1) is 13.2. The summed E-state index contributed by atoms with van der Waals surface area (Å²) in [6.45, 7) is 2.38. The van der Waals surface area contributed by atoms with E-state index in [0.29, 0.717) is 45.3 Å². The summed E-state index contributed by atoms with van der Waals surface area (Å²) in [5, 5.41) is 18.9. The molecule has 2 fully saturated rings. The summed E-state index contributed by atoms with van der Waals surface area (Å²) in [6, 6.07) is 6.19. The van der Waals surface area contributed by atoms with Crippen LogP contribution in [0.2, 0.25) is 0 Å². The van der Waals surface area contributed by atoms with Gasteiger partial charge in [-0.2, -0.15) is 18.4 Å². The number of aromatic nitrogens is 1. The number of amides is 1. The number of alkyl halides is 3. The second kappa shape index (κ2) is 7.95. The van der Waals surface area contributed by atoms with Crippen LogP contribution in [0.3, 0.4) is 0 Å². The summed E-state index contributed by atoms with van der Waals surface area (Å²) in [5.41, 5.74) is -1.78. The minimum absolute atomic E-state index is 0.191. The van der Waals surface area contributed by atoms with Crippen molar-refractivity contribution in [2.45, 2.75) is 49.7 Å². The van der Waals surface area contributed by atoms with Crippen molar-refractivity contribution in [2.24, 2.45) is 0 Å². The Hall–Kier alpha value is -2.34. The number of nitriles is 1. The van der Waals surface area contributed by atoms with Crippen molar-refractivity contribution in [3.63, 3.8) is 0 Å². The molecule has 152 valence electrons. The molecule has 1 aliphatic heterocycles. The molecule has 2 heterocycles. The highest BCUT2D eigenvalue weighted by atomic mass is 19.4. The Labute approximate surface area is 161 Å². The first-order valence-corrected chi connectivity index (χ1v) is 9.43. The van der Waals surface area contributed by atoms with Crippen LogP contribution in [0.1, 0.15) is 43.5 Å². The van der Waals surface area contributed by atoms with Crippen molar-refractivity contribution in [2.75, 3.05) is 26.2 Å². The second-order valence-electron chi connectivity index (χ2n) is 7.49. The van der Waals surface area contributed by atoms with Gasteiger partial charge < -0.3 is 10.0 Å². The van der Waals surface area contributed by atoms with E-state index in [1.54, 1.807) is 0 Å². The molecule has 6 nitrogen and oxygen atoms in total. The molecule has 1 N–H and O–H groups in total. The summed E-state index contributed by atoms with van der Waals surface area (Å²) < 4.78 is 39.0. The van der Waals surface area contributed by atoms with Gasteiger partial charge in [0.1, 0.15) is 5.69 Å². The summed E-state index contributed by atoms with van der Waals surface area (Å²) in [4.78, 5) is 18.6. The quantitative estimate of drug-likeness (QED) is 0.828. The zero-order valence-electron chi connectivity index (χ0n) is 15.5. The standard InChI is InChI=1S/C19H23F3N4O2/c20-19(21,22)16-4-1-3-15(24-16)18(13-23)7-5-14(6-8-18)25-9-2-10-26(12-11-25)17(27)28/h1,3-4,14H,2,5-12H2,(H,27,28). The summed E-state index contributed by atoms with van der Waals surface area (Å²) >= 11 is 0. The van der Waals surface area contributed by atoms with Gasteiger partial charge in [-0.05, 0) is 44.2 Å². The Bertz CT molecular complexity index is 754. The van der Waals surface area contributed by atoms with Crippen LogP contribution in [0, 0.1) is 11.3 Å². The Morgan fingerprint density at radius 2 is 1.93 bits per heavy atom. The van der Waals surface area contributed by atoms with E-state index in [9.17, 15) is 23.2 Å². The molecule has 0 unspecified atom stereocenters. The molecule has 1 aliphatic carbocycles. The largest absolute Gasteiger partial charge is 0.465 e. The minimum Gasteiger partial charge on any atom is -0.465 e. The smallest absolute Gasteiger partial charge is 0.433 e. The molecule has 1 aromatic heterocycles. The van der Waals surface area contributed by atoms with Gasteiger partial charge in [0.2, 0.25) is 0 Å². The fourth-order valence-corrected chi connectivity index (χ4v) is 4.24. The van der Waals surface area contributed by atoms with Gasteiger partial charge in [0.15, 0.2) is 0 Å². The summed E-state index contributed by atoms with van der Waals surface area (Å²) in [7, 11) is 0. The number of nitrogens with zero attached hydrogens (tertiary/aromatic N) is 4. The molecule has 0 bridgehead atoms. The van der Waals surface area contributed by atoms with E-state index in [2.05, 4.69) is 16.0 Å². The van der Waals surface area contributed by atoms with Gasteiger partial charge >= 0.3 is 12.3 Å². The van der Waals surface area contributed by atoms with E-state index in [4.69, 9.17) is 5.11 Å². The van der Waals surface area contributed by atoms with Gasteiger partial charge in [-0.3, -0.25) is 4.90 Å². The van der Waals surface area contributed by atoms with Gasteiger partial charge in [0, 0.05) is 32.2 Å². The van der Waals surface area contributed by atoms with Crippen molar-refractivity contribution in [1.82, 2.24) is 14.8 Å². The zero-order valence-corrected chi connectivity index (χ0v) is 15.5. The normalized spacial score (nSPS) is 27.1. The van der Waals surface area contributed by atoms with Crippen LogP contribution in [0.15, 0.2) is 18.2 Å². The molecule has 1 aromatic rings. The van der Waals surface area contributed by atoms with E-state index in [-0.39, 0.29) is 11.7 Å². The van der Waals surface area contributed by atoms with Crippen LogP contribution < -0.4 is 0 Å². The van der Waals surface area contributed by atoms with Crippen LogP contribution in [0.4, 0.5) is 18.0 Å². The average Bonchev–Trinajstić information content (AvgIpc) is 2.94. The molecule has 28 heavy (non-hydrogen) atoms. The van der Waals surface area contributed by atoms with Gasteiger partial charge in [0.25, 0.3) is 0 Å². The molecule has 1 saturated carbocycles. The Morgan fingerprint density at radius 1 is 1.21 bits per heavy atom.